The Kier molecular flexibility index (Phi) is 12.0. The van der Waals surface area contributed by atoms with Crippen molar-refractivity contribution in [1.82, 2.24) is 0 Å². The number of nitrogen functional groups attached to an aromatic ring is 2. The monoisotopic (exact) mass is 614 g/mol. The number of hydrogen-bond donors (Lipinski definition) is 2. The zero-order valence-electron chi connectivity index (χ0n) is 28.8. The predicted octanol–water partition coefficient (Wildman–Crippen LogP) is 12.2. The van der Waals surface area contributed by atoms with E-state index in [4.69, 9.17) is 11.5 Å². The minimum Gasteiger partial charge on any atom is -0.399 e. The fourth-order valence-corrected chi connectivity index (χ4v) is 7.91. The minimum atomic E-state index is 0.0711. The van der Waals surface area contributed by atoms with Crippen molar-refractivity contribution in [2.24, 2.45) is 5.92 Å². The molecule has 244 valence electrons. The summed E-state index contributed by atoms with van der Waals surface area (Å²) < 4.78 is 0. The van der Waals surface area contributed by atoms with Crippen LogP contribution in [0.15, 0.2) is 97.1 Å². The third kappa shape index (κ3) is 8.44. The lowest BCUT2D eigenvalue weighted by Crippen LogP contribution is -2.33. The summed E-state index contributed by atoms with van der Waals surface area (Å²) in [5.74, 6) is 1.53. The van der Waals surface area contributed by atoms with Crippen molar-refractivity contribution in [1.29, 1.82) is 0 Å². The van der Waals surface area contributed by atoms with Crippen LogP contribution in [0.25, 0.3) is 0 Å². The summed E-state index contributed by atoms with van der Waals surface area (Å²) in [5, 5.41) is 0. The molecular weight excluding hydrogens is 556 g/mol. The Morgan fingerprint density at radius 2 is 0.870 bits per heavy atom. The maximum absolute atomic E-state index is 5.96. The van der Waals surface area contributed by atoms with E-state index in [-0.39, 0.29) is 5.41 Å². The second-order valence-corrected chi connectivity index (χ2v) is 14.3. The SMILES string of the molecule is CCCCCCCCCCC1CCC(c2ccc(C(C)c3ccc(N)cc3)cc2)(c2ccc(C(C)c3ccc(N)cc3)cc2)CC1. The van der Waals surface area contributed by atoms with E-state index >= 15 is 0 Å². The number of rotatable bonds is 15. The Balaban J connectivity index is 1.31. The third-order valence-electron chi connectivity index (χ3n) is 11.2. The molecule has 2 atom stereocenters. The zero-order valence-corrected chi connectivity index (χ0v) is 28.8. The van der Waals surface area contributed by atoms with E-state index in [1.54, 1.807) is 0 Å². The van der Waals surface area contributed by atoms with Gasteiger partial charge in [-0.3, -0.25) is 0 Å². The summed E-state index contributed by atoms with van der Waals surface area (Å²) in [6, 6.07) is 36.0. The van der Waals surface area contributed by atoms with Crippen molar-refractivity contribution in [2.45, 2.75) is 121 Å². The lowest BCUT2D eigenvalue weighted by molar-refractivity contribution is 0.250. The number of anilines is 2. The van der Waals surface area contributed by atoms with Gasteiger partial charge >= 0.3 is 0 Å². The van der Waals surface area contributed by atoms with Crippen molar-refractivity contribution < 1.29 is 0 Å². The largest absolute Gasteiger partial charge is 0.399 e. The maximum atomic E-state index is 5.96. The molecule has 5 rings (SSSR count). The van der Waals surface area contributed by atoms with Gasteiger partial charge < -0.3 is 11.5 Å². The molecule has 2 nitrogen and oxygen atoms in total. The zero-order chi connectivity index (χ0) is 32.4. The van der Waals surface area contributed by atoms with Crippen LogP contribution in [0.1, 0.15) is 149 Å². The maximum Gasteiger partial charge on any atom is 0.0314 e. The van der Waals surface area contributed by atoms with Crippen LogP contribution in [-0.4, -0.2) is 0 Å². The number of benzene rings is 4. The molecule has 4 aromatic carbocycles. The van der Waals surface area contributed by atoms with Gasteiger partial charge in [-0.2, -0.15) is 0 Å². The van der Waals surface area contributed by atoms with Gasteiger partial charge in [0.1, 0.15) is 0 Å². The highest BCUT2D eigenvalue weighted by Crippen LogP contribution is 2.48. The van der Waals surface area contributed by atoms with Crippen molar-refractivity contribution in [2.75, 3.05) is 11.5 Å². The van der Waals surface area contributed by atoms with Crippen LogP contribution < -0.4 is 11.5 Å². The highest BCUT2D eigenvalue weighted by Gasteiger charge is 2.38. The lowest BCUT2D eigenvalue weighted by atomic mass is 9.62. The predicted molar refractivity (Wildman–Crippen MR) is 200 cm³/mol. The van der Waals surface area contributed by atoms with Gasteiger partial charge in [0.25, 0.3) is 0 Å². The molecule has 1 saturated carbocycles. The van der Waals surface area contributed by atoms with Crippen LogP contribution in [0.3, 0.4) is 0 Å². The van der Waals surface area contributed by atoms with Crippen molar-refractivity contribution >= 4 is 11.4 Å². The molecule has 4 aromatic rings. The first kappa shape index (κ1) is 33.8. The van der Waals surface area contributed by atoms with Gasteiger partial charge in [-0.15, -0.1) is 0 Å². The van der Waals surface area contributed by atoms with Gasteiger partial charge in [-0.25, -0.2) is 0 Å². The molecule has 0 saturated heterocycles. The van der Waals surface area contributed by atoms with Gasteiger partial charge in [-0.05, 0) is 89.2 Å². The van der Waals surface area contributed by atoms with Gasteiger partial charge in [0.2, 0.25) is 0 Å². The van der Waals surface area contributed by atoms with E-state index in [1.807, 2.05) is 24.3 Å². The first-order valence-electron chi connectivity index (χ1n) is 18.3. The summed E-state index contributed by atoms with van der Waals surface area (Å²) in [7, 11) is 0. The van der Waals surface area contributed by atoms with Gasteiger partial charge in [-0.1, -0.05) is 151 Å². The fourth-order valence-electron chi connectivity index (χ4n) is 7.91. The number of hydrogen-bond acceptors (Lipinski definition) is 2. The summed E-state index contributed by atoms with van der Waals surface area (Å²) in [5.41, 5.74) is 21.9. The smallest absolute Gasteiger partial charge is 0.0314 e. The Hall–Kier alpha value is -3.52. The molecule has 0 spiro atoms. The number of nitrogens with two attached hydrogens (primary N) is 2. The van der Waals surface area contributed by atoms with Gasteiger partial charge in [0.05, 0.1) is 0 Å². The van der Waals surface area contributed by atoms with Crippen LogP contribution in [0.2, 0.25) is 0 Å². The van der Waals surface area contributed by atoms with E-state index in [2.05, 4.69) is 93.6 Å². The highest BCUT2D eigenvalue weighted by atomic mass is 14.5. The average molecular weight is 615 g/mol. The number of unbranched alkanes of at least 4 members (excludes halogenated alkanes) is 7. The van der Waals surface area contributed by atoms with Gasteiger partial charge in [0.15, 0.2) is 0 Å². The van der Waals surface area contributed by atoms with Crippen molar-refractivity contribution in [3.8, 4) is 0 Å². The summed E-state index contributed by atoms with van der Waals surface area (Å²) in [6.45, 7) is 6.90. The summed E-state index contributed by atoms with van der Waals surface area (Å²) in [6.07, 6.45) is 17.8. The van der Waals surface area contributed by atoms with Crippen LogP contribution in [-0.2, 0) is 5.41 Å². The first-order valence-corrected chi connectivity index (χ1v) is 18.3. The third-order valence-corrected chi connectivity index (χ3v) is 11.2. The fraction of sp³-hybridized carbons (Fsp3) is 0.455. The van der Waals surface area contributed by atoms with E-state index in [1.165, 1.54) is 117 Å². The van der Waals surface area contributed by atoms with Crippen molar-refractivity contribution in [3.63, 3.8) is 0 Å². The molecule has 0 bridgehead atoms. The lowest BCUT2D eigenvalue weighted by Gasteiger charge is -2.42. The molecule has 0 amide bonds. The molecule has 4 N–H and O–H groups in total. The molecule has 0 aromatic heterocycles. The Morgan fingerprint density at radius 3 is 1.26 bits per heavy atom. The van der Waals surface area contributed by atoms with Crippen LogP contribution in [0.5, 0.6) is 0 Å². The van der Waals surface area contributed by atoms with E-state index in [0.29, 0.717) is 11.8 Å². The Bertz CT molecular complexity index is 1350. The molecule has 1 fully saturated rings. The van der Waals surface area contributed by atoms with E-state index < -0.39 is 0 Å². The topological polar surface area (TPSA) is 52.0 Å². The average Bonchev–Trinajstić information content (AvgIpc) is 3.10. The second kappa shape index (κ2) is 16.3. The molecule has 0 aliphatic heterocycles. The Labute approximate surface area is 280 Å². The van der Waals surface area contributed by atoms with E-state index in [0.717, 1.165) is 17.3 Å². The quantitative estimate of drug-likeness (QED) is 0.103. The minimum absolute atomic E-state index is 0.0711. The van der Waals surface area contributed by atoms with Crippen LogP contribution in [0.4, 0.5) is 11.4 Å². The molecule has 0 heterocycles. The normalized spacial score (nSPS) is 19.5. The summed E-state index contributed by atoms with van der Waals surface area (Å²) >= 11 is 0. The van der Waals surface area contributed by atoms with Crippen LogP contribution in [0, 0.1) is 5.92 Å². The molecular formula is C44H58N2. The second-order valence-electron chi connectivity index (χ2n) is 14.3. The molecule has 1 aliphatic carbocycles. The molecule has 0 radical (unpaired) electrons. The first-order chi connectivity index (χ1) is 22.4. The van der Waals surface area contributed by atoms with Gasteiger partial charge in [0, 0.05) is 28.6 Å². The van der Waals surface area contributed by atoms with Crippen molar-refractivity contribution in [3.05, 3.63) is 130 Å². The highest BCUT2D eigenvalue weighted by molar-refractivity contribution is 5.47. The van der Waals surface area contributed by atoms with E-state index in [9.17, 15) is 0 Å². The Morgan fingerprint density at radius 1 is 0.522 bits per heavy atom. The molecule has 46 heavy (non-hydrogen) atoms. The molecule has 2 unspecified atom stereocenters. The molecule has 1 aliphatic rings. The van der Waals surface area contributed by atoms with Crippen LogP contribution >= 0.6 is 0 Å². The molecule has 2 heteroatoms. The summed E-state index contributed by atoms with van der Waals surface area (Å²) in [4.78, 5) is 0. The standard InChI is InChI=1S/C44H58N2/c1-4-5-6-7-8-9-10-11-12-35-29-31-44(32-30-35,40-21-13-36(14-22-40)33(2)38-17-25-42(45)26-18-38)41-23-15-37(16-24-41)34(3)39-19-27-43(46)28-20-39/h13-28,33-35H,4-12,29-32,45-46H2,1-3H3.